The molecule has 0 aromatic rings. The normalized spacial score (nSPS) is 11.5. The molecular weight excluding hydrogens is 132 g/mol. The molecule has 0 saturated heterocycles. The zero-order chi connectivity index (χ0) is 7.98. The van der Waals surface area contributed by atoms with E-state index in [1.165, 1.54) is 0 Å². The third kappa shape index (κ3) is 5.08. The summed E-state index contributed by atoms with van der Waals surface area (Å²) in [4.78, 5) is 9.30. The van der Waals surface area contributed by atoms with E-state index in [9.17, 15) is 10.1 Å². The van der Waals surface area contributed by atoms with Crippen LogP contribution in [0.15, 0.2) is 11.9 Å². The van der Waals surface area contributed by atoms with Gasteiger partial charge in [0, 0.05) is 0 Å². The number of nitro groups is 1. The molecule has 4 nitrogen and oxygen atoms in total. The SMILES string of the molecule is CCCC/C(N)=C/[N+](=O)[O-]. The van der Waals surface area contributed by atoms with Crippen molar-refractivity contribution < 1.29 is 4.92 Å². The second kappa shape index (κ2) is 4.78. The van der Waals surface area contributed by atoms with Gasteiger partial charge in [-0.25, -0.2) is 0 Å². The summed E-state index contributed by atoms with van der Waals surface area (Å²) in [7, 11) is 0. The van der Waals surface area contributed by atoms with Crippen LogP contribution in [0, 0.1) is 10.1 Å². The number of rotatable bonds is 4. The van der Waals surface area contributed by atoms with Crippen LogP contribution in [0.1, 0.15) is 26.2 Å². The average Bonchev–Trinajstić information content (AvgIpc) is 1.82. The van der Waals surface area contributed by atoms with Crippen LogP contribution < -0.4 is 5.73 Å². The second-order valence-electron chi connectivity index (χ2n) is 2.09. The minimum absolute atomic E-state index is 0.354. The highest BCUT2D eigenvalue weighted by Gasteiger charge is 1.94. The van der Waals surface area contributed by atoms with Crippen molar-refractivity contribution in [3.63, 3.8) is 0 Å². The molecule has 4 heteroatoms. The molecule has 10 heavy (non-hydrogen) atoms. The van der Waals surface area contributed by atoms with Crippen LogP contribution in [-0.4, -0.2) is 4.92 Å². The molecular formula is C6H12N2O2. The van der Waals surface area contributed by atoms with Crippen molar-refractivity contribution in [1.82, 2.24) is 0 Å². The van der Waals surface area contributed by atoms with Crippen molar-refractivity contribution in [1.29, 1.82) is 0 Å². The van der Waals surface area contributed by atoms with E-state index in [-0.39, 0.29) is 0 Å². The lowest BCUT2D eigenvalue weighted by molar-refractivity contribution is -0.403. The van der Waals surface area contributed by atoms with Gasteiger partial charge in [-0.2, -0.15) is 0 Å². The van der Waals surface area contributed by atoms with Crippen LogP contribution >= 0.6 is 0 Å². The molecule has 0 aliphatic heterocycles. The van der Waals surface area contributed by atoms with E-state index in [1.54, 1.807) is 0 Å². The van der Waals surface area contributed by atoms with Gasteiger partial charge in [0.05, 0.1) is 10.6 Å². The van der Waals surface area contributed by atoms with Crippen LogP contribution in [-0.2, 0) is 0 Å². The fourth-order valence-corrected chi connectivity index (χ4v) is 0.581. The van der Waals surface area contributed by atoms with Gasteiger partial charge in [0.25, 0.3) is 6.20 Å². The van der Waals surface area contributed by atoms with Crippen LogP contribution in [0.5, 0.6) is 0 Å². The van der Waals surface area contributed by atoms with Gasteiger partial charge in [-0.05, 0) is 12.8 Å². The fraction of sp³-hybridized carbons (Fsp3) is 0.667. The van der Waals surface area contributed by atoms with E-state index in [0.29, 0.717) is 12.1 Å². The first-order valence-electron chi connectivity index (χ1n) is 3.26. The number of nitrogens with two attached hydrogens (primary N) is 1. The first-order chi connectivity index (χ1) is 4.66. The summed E-state index contributed by atoms with van der Waals surface area (Å²) in [5.41, 5.74) is 5.63. The highest BCUT2D eigenvalue weighted by molar-refractivity contribution is 4.89. The predicted molar refractivity (Wildman–Crippen MR) is 38.8 cm³/mol. The summed E-state index contributed by atoms with van der Waals surface area (Å²) in [6.07, 6.45) is 3.40. The third-order valence-corrected chi connectivity index (χ3v) is 1.09. The Kier molecular flexibility index (Phi) is 4.28. The van der Waals surface area contributed by atoms with Gasteiger partial charge in [-0.1, -0.05) is 13.3 Å². The van der Waals surface area contributed by atoms with Gasteiger partial charge >= 0.3 is 0 Å². The molecule has 0 aromatic carbocycles. The van der Waals surface area contributed by atoms with Gasteiger partial charge in [-0.15, -0.1) is 0 Å². The number of nitrogens with zero attached hydrogens (tertiary/aromatic N) is 1. The summed E-state index contributed by atoms with van der Waals surface area (Å²) in [5.74, 6) is 0. The molecule has 0 fully saturated rings. The van der Waals surface area contributed by atoms with E-state index in [0.717, 1.165) is 19.0 Å². The van der Waals surface area contributed by atoms with Crippen LogP contribution in [0.2, 0.25) is 0 Å². The number of hydrogen-bond acceptors (Lipinski definition) is 3. The number of hydrogen-bond donors (Lipinski definition) is 1. The highest BCUT2D eigenvalue weighted by atomic mass is 16.6. The van der Waals surface area contributed by atoms with Gasteiger partial charge in [0.15, 0.2) is 0 Å². The molecule has 0 atom stereocenters. The zero-order valence-corrected chi connectivity index (χ0v) is 6.04. The quantitative estimate of drug-likeness (QED) is 0.477. The standard InChI is InChI=1S/C6H12N2O2/c1-2-3-4-6(7)5-8(9)10/h5H,2-4,7H2,1H3/b6-5-. The Hall–Kier alpha value is -1.06. The first kappa shape index (κ1) is 8.94. The largest absolute Gasteiger partial charge is 0.397 e. The molecule has 0 rings (SSSR count). The Morgan fingerprint density at radius 3 is 2.80 bits per heavy atom. The Balaban J connectivity index is 3.60. The zero-order valence-electron chi connectivity index (χ0n) is 6.04. The molecule has 0 aromatic heterocycles. The maximum atomic E-state index is 9.82. The molecule has 0 spiro atoms. The van der Waals surface area contributed by atoms with Crippen molar-refractivity contribution in [2.45, 2.75) is 26.2 Å². The third-order valence-electron chi connectivity index (χ3n) is 1.09. The van der Waals surface area contributed by atoms with Crippen LogP contribution in [0.3, 0.4) is 0 Å². The molecule has 0 saturated carbocycles. The second-order valence-corrected chi connectivity index (χ2v) is 2.09. The lowest BCUT2D eigenvalue weighted by Gasteiger charge is -1.93. The van der Waals surface area contributed by atoms with E-state index in [4.69, 9.17) is 5.73 Å². The Labute approximate surface area is 59.9 Å². The van der Waals surface area contributed by atoms with Gasteiger partial charge in [0.1, 0.15) is 0 Å². The fourth-order valence-electron chi connectivity index (χ4n) is 0.581. The monoisotopic (exact) mass is 144 g/mol. The Morgan fingerprint density at radius 2 is 2.40 bits per heavy atom. The van der Waals surface area contributed by atoms with Gasteiger partial charge in [-0.3, -0.25) is 10.1 Å². The highest BCUT2D eigenvalue weighted by Crippen LogP contribution is 2.00. The van der Waals surface area contributed by atoms with Gasteiger partial charge < -0.3 is 5.73 Å². The van der Waals surface area contributed by atoms with Gasteiger partial charge in [0.2, 0.25) is 0 Å². The summed E-state index contributed by atoms with van der Waals surface area (Å²) in [6, 6.07) is 0. The lowest BCUT2D eigenvalue weighted by atomic mass is 10.2. The number of allylic oxidation sites excluding steroid dienone is 1. The molecule has 0 unspecified atom stereocenters. The molecule has 2 N–H and O–H groups in total. The Morgan fingerprint density at radius 1 is 1.80 bits per heavy atom. The first-order valence-corrected chi connectivity index (χ1v) is 3.26. The van der Waals surface area contributed by atoms with Crippen molar-refractivity contribution in [3.8, 4) is 0 Å². The summed E-state index contributed by atoms with van der Waals surface area (Å²) in [5, 5.41) is 9.82. The van der Waals surface area contributed by atoms with Crippen molar-refractivity contribution in [3.05, 3.63) is 22.0 Å². The van der Waals surface area contributed by atoms with Crippen molar-refractivity contribution in [2.24, 2.45) is 5.73 Å². The lowest BCUT2D eigenvalue weighted by Crippen LogP contribution is -2.00. The van der Waals surface area contributed by atoms with Crippen LogP contribution in [0.4, 0.5) is 0 Å². The summed E-state index contributed by atoms with van der Waals surface area (Å²) >= 11 is 0. The minimum atomic E-state index is -0.523. The minimum Gasteiger partial charge on any atom is -0.397 e. The summed E-state index contributed by atoms with van der Waals surface area (Å²) in [6.45, 7) is 2.01. The predicted octanol–water partition coefficient (Wildman–Crippen LogP) is 1.25. The maximum Gasteiger partial charge on any atom is 0.252 e. The summed E-state index contributed by atoms with van der Waals surface area (Å²) < 4.78 is 0. The topological polar surface area (TPSA) is 69.2 Å². The molecule has 0 aliphatic rings. The maximum absolute atomic E-state index is 9.82. The van der Waals surface area contributed by atoms with Crippen LogP contribution in [0.25, 0.3) is 0 Å². The van der Waals surface area contributed by atoms with E-state index >= 15 is 0 Å². The molecule has 0 radical (unpaired) electrons. The van der Waals surface area contributed by atoms with E-state index in [1.807, 2.05) is 6.92 Å². The number of unbranched alkanes of at least 4 members (excludes halogenated alkanes) is 1. The van der Waals surface area contributed by atoms with Crippen molar-refractivity contribution in [2.75, 3.05) is 0 Å². The molecule has 0 heterocycles. The Bertz CT molecular complexity index is 143. The van der Waals surface area contributed by atoms with E-state index < -0.39 is 4.92 Å². The molecule has 58 valence electrons. The molecule has 0 amide bonds. The average molecular weight is 144 g/mol. The molecule has 0 aliphatic carbocycles. The van der Waals surface area contributed by atoms with Crippen molar-refractivity contribution >= 4 is 0 Å². The van der Waals surface area contributed by atoms with E-state index in [2.05, 4.69) is 0 Å². The smallest absolute Gasteiger partial charge is 0.252 e. The molecule has 0 bridgehead atoms.